The van der Waals surface area contributed by atoms with Crippen LogP contribution in [-0.4, -0.2) is 29.7 Å². The number of carbonyl (C=O) groups is 2. The lowest BCUT2D eigenvalue weighted by atomic mass is 10.3. The number of nitrogens with one attached hydrogen (secondary N) is 2. The maximum absolute atomic E-state index is 10.4. The van der Waals surface area contributed by atoms with Crippen molar-refractivity contribution in [2.24, 2.45) is 0 Å². The lowest BCUT2D eigenvalue weighted by Crippen LogP contribution is -2.54. The van der Waals surface area contributed by atoms with Crippen molar-refractivity contribution in [1.82, 2.24) is 10.6 Å². The van der Waals surface area contributed by atoms with Crippen molar-refractivity contribution >= 4 is 11.9 Å². The second-order valence-electron chi connectivity index (χ2n) is 1.72. The molecule has 50 valence electrons. The molecule has 1 aliphatic rings. The Hall–Kier alpha value is -1.10. The maximum Gasteiger partial charge on any atom is 0.321 e. The van der Waals surface area contributed by atoms with E-state index in [1.807, 2.05) is 5.32 Å². The highest BCUT2D eigenvalue weighted by Gasteiger charge is 2.22. The van der Waals surface area contributed by atoms with Crippen LogP contribution in [0.3, 0.4) is 0 Å². The normalized spacial score (nSPS) is 27.0. The van der Waals surface area contributed by atoms with Gasteiger partial charge < -0.3 is 10.4 Å². The Morgan fingerprint density at radius 2 is 2.22 bits per heavy atom. The molecule has 0 spiro atoms. The van der Waals surface area contributed by atoms with Crippen molar-refractivity contribution in [3.05, 3.63) is 0 Å². The van der Waals surface area contributed by atoms with Crippen LogP contribution in [-0.2, 0) is 4.79 Å². The van der Waals surface area contributed by atoms with E-state index in [0.29, 0.717) is 0 Å². The number of aliphatic hydroxyl groups is 1. The second kappa shape index (κ2) is 2.02. The number of rotatable bonds is 0. The molecule has 1 atom stereocenters. The summed E-state index contributed by atoms with van der Waals surface area (Å²) in [6, 6.07) is -0.551. The van der Waals surface area contributed by atoms with Crippen LogP contribution in [0.15, 0.2) is 0 Å². The van der Waals surface area contributed by atoms with E-state index in [0.717, 1.165) is 0 Å². The van der Waals surface area contributed by atoms with E-state index in [4.69, 9.17) is 5.11 Å². The van der Waals surface area contributed by atoms with Gasteiger partial charge in [0.25, 0.3) is 5.91 Å². The van der Waals surface area contributed by atoms with Crippen LogP contribution in [0.2, 0.25) is 0 Å². The molecule has 0 saturated carbocycles. The van der Waals surface area contributed by atoms with Crippen LogP contribution in [0.4, 0.5) is 4.79 Å². The Labute approximate surface area is 51.0 Å². The van der Waals surface area contributed by atoms with E-state index in [9.17, 15) is 9.59 Å². The number of amides is 3. The van der Waals surface area contributed by atoms with Gasteiger partial charge in [-0.1, -0.05) is 0 Å². The van der Waals surface area contributed by atoms with E-state index in [2.05, 4.69) is 5.32 Å². The SMILES string of the molecule is O=C1NCC(O)C(=O)N1. The van der Waals surface area contributed by atoms with E-state index >= 15 is 0 Å². The minimum absolute atomic E-state index is 0.00463. The predicted octanol–water partition coefficient (Wildman–Crippen LogP) is -1.81. The van der Waals surface area contributed by atoms with Crippen molar-refractivity contribution in [1.29, 1.82) is 0 Å². The molecule has 1 heterocycles. The minimum Gasteiger partial charge on any atom is -0.381 e. The molecular formula is C4H6N2O3. The number of aliphatic hydroxyl groups excluding tert-OH is 1. The van der Waals surface area contributed by atoms with E-state index in [1.54, 1.807) is 0 Å². The van der Waals surface area contributed by atoms with Crippen LogP contribution in [0, 0.1) is 0 Å². The van der Waals surface area contributed by atoms with Crippen molar-refractivity contribution in [2.45, 2.75) is 6.10 Å². The van der Waals surface area contributed by atoms with Gasteiger partial charge >= 0.3 is 6.03 Å². The van der Waals surface area contributed by atoms with Crippen LogP contribution in [0.25, 0.3) is 0 Å². The third kappa shape index (κ3) is 1.17. The van der Waals surface area contributed by atoms with Crippen LogP contribution < -0.4 is 10.6 Å². The first kappa shape index (κ1) is 6.03. The molecule has 0 aromatic rings. The van der Waals surface area contributed by atoms with Gasteiger partial charge in [-0.2, -0.15) is 0 Å². The monoisotopic (exact) mass is 130 g/mol. The number of β-amino-alcohol motifs (C(OH)–C–C–N with tert-alkyl or cyclic N) is 1. The molecule has 9 heavy (non-hydrogen) atoms. The zero-order valence-corrected chi connectivity index (χ0v) is 4.55. The highest BCUT2D eigenvalue weighted by atomic mass is 16.3. The molecule has 0 aromatic carbocycles. The molecule has 1 fully saturated rings. The van der Waals surface area contributed by atoms with Crippen molar-refractivity contribution < 1.29 is 14.7 Å². The van der Waals surface area contributed by atoms with Crippen LogP contribution in [0.1, 0.15) is 0 Å². The summed E-state index contributed by atoms with van der Waals surface area (Å²) in [6.45, 7) is 0.00463. The summed E-state index contributed by atoms with van der Waals surface area (Å²) in [4.78, 5) is 20.6. The van der Waals surface area contributed by atoms with Crippen molar-refractivity contribution in [3.8, 4) is 0 Å². The number of hydrogen-bond acceptors (Lipinski definition) is 3. The summed E-state index contributed by atoms with van der Waals surface area (Å²) >= 11 is 0. The largest absolute Gasteiger partial charge is 0.381 e. The van der Waals surface area contributed by atoms with Gasteiger partial charge in [-0.15, -0.1) is 0 Å². The Bertz CT molecular complexity index is 156. The van der Waals surface area contributed by atoms with Gasteiger partial charge in [0.1, 0.15) is 0 Å². The average Bonchev–Trinajstić information content (AvgIpc) is 1.80. The fourth-order valence-corrected chi connectivity index (χ4v) is 0.521. The first-order valence-corrected chi connectivity index (χ1v) is 2.47. The Morgan fingerprint density at radius 3 is 2.67 bits per heavy atom. The molecular weight excluding hydrogens is 124 g/mol. The summed E-state index contributed by atoms with van der Waals surface area (Å²) in [7, 11) is 0. The molecule has 0 aliphatic carbocycles. The first-order valence-electron chi connectivity index (χ1n) is 2.47. The van der Waals surface area contributed by atoms with Gasteiger partial charge in [0, 0.05) is 0 Å². The van der Waals surface area contributed by atoms with Gasteiger partial charge in [0.15, 0.2) is 6.10 Å². The molecule has 5 heteroatoms. The Morgan fingerprint density at radius 1 is 1.56 bits per heavy atom. The highest BCUT2D eigenvalue weighted by Crippen LogP contribution is 1.85. The van der Waals surface area contributed by atoms with Crippen molar-refractivity contribution in [3.63, 3.8) is 0 Å². The lowest BCUT2D eigenvalue weighted by molar-refractivity contribution is -0.128. The second-order valence-corrected chi connectivity index (χ2v) is 1.72. The van der Waals surface area contributed by atoms with Gasteiger partial charge in [-0.25, -0.2) is 4.79 Å². The van der Waals surface area contributed by atoms with Crippen LogP contribution >= 0.6 is 0 Å². The predicted molar refractivity (Wildman–Crippen MR) is 27.5 cm³/mol. The third-order valence-electron chi connectivity index (χ3n) is 0.995. The lowest BCUT2D eigenvalue weighted by Gasteiger charge is -2.16. The number of carbonyl (C=O) groups excluding carboxylic acids is 2. The van der Waals surface area contributed by atoms with E-state index in [1.165, 1.54) is 0 Å². The number of imide groups is 1. The molecule has 3 N–H and O–H groups in total. The fourth-order valence-electron chi connectivity index (χ4n) is 0.521. The molecule has 0 aromatic heterocycles. The standard InChI is InChI=1S/C4H6N2O3/c7-2-1-5-4(9)6-3(2)8/h2,7H,1H2,(H2,5,6,8,9). The topological polar surface area (TPSA) is 78.4 Å². The quantitative estimate of drug-likeness (QED) is 0.361. The van der Waals surface area contributed by atoms with Gasteiger partial charge in [-0.05, 0) is 0 Å². The molecule has 1 saturated heterocycles. The number of hydrogen-bond donors (Lipinski definition) is 3. The van der Waals surface area contributed by atoms with Gasteiger partial charge in [0.05, 0.1) is 6.54 Å². The summed E-state index contributed by atoms with van der Waals surface area (Å²) in [6.07, 6.45) is -1.09. The van der Waals surface area contributed by atoms with Crippen molar-refractivity contribution in [2.75, 3.05) is 6.54 Å². The minimum atomic E-state index is -1.09. The van der Waals surface area contributed by atoms with Gasteiger partial charge in [-0.3, -0.25) is 10.1 Å². The third-order valence-corrected chi connectivity index (χ3v) is 0.995. The maximum atomic E-state index is 10.4. The molecule has 1 aliphatic heterocycles. The molecule has 1 unspecified atom stereocenters. The summed E-state index contributed by atoms with van der Waals surface area (Å²) in [5, 5.41) is 12.8. The molecule has 0 bridgehead atoms. The van der Waals surface area contributed by atoms with E-state index < -0.39 is 18.0 Å². The Kier molecular flexibility index (Phi) is 1.35. The highest BCUT2D eigenvalue weighted by molar-refractivity contribution is 5.98. The van der Waals surface area contributed by atoms with E-state index in [-0.39, 0.29) is 6.54 Å². The number of urea groups is 1. The zero-order valence-electron chi connectivity index (χ0n) is 4.55. The smallest absolute Gasteiger partial charge is 0.321 e. The van der Waals surface area contributed by atoms with Crippen LogP contribution in [0.5, 0.6) is 0 Å². The molecule has 0 radical (unpaired) electrons. The molecule has 1 rings (SSSR count). The summed E-state index contributed by atoms with van der Waals surface area (Å²) in [5.41, 5.74) is 0. The summed E-state index contributed by atoms with van der Waals surface area (Å²) < 4.78 is 0. The Balaban J connectivity index is 2.54. The average molecular weight is 130 g/mol. The zero-order chi connectivity index (χ0) is 6.85. The molecule has 3 amide bonds. The fraction of sp³-hybridized carbons (Fsp3) is 0.500. The first-order chi connectivity index (χ1) is 4.20. The van der Waals surface area contributed by atoms with Gasteiger partial charge in [0.2, 0.25) is 0 Å². The summed E-state index contributed by atoms with van der Waals surface area (Å²) in [5.74, 6) is -0.640. The molecule has 5 nitrogen and oxygen atoms in total.